The van der Waals surface area contributed by atoms with E-state index in [9.17, 15) is 0 Å². The van der Waals surface area contributed by atoms with Gasteiger partial charge >= 0.3 is 0 Å². The molecule has 0 radical (unpaired) electrons. The molecular formula is C106H66N10S2. The zero-order valence-electron chi connectivity index (χ0n) is 63.4. The van der Waals surface area contributed by atoms with Crippen LogP contribution in [0, 0.1) is 0 Å². The Hall–Kier alpha value is -15.3. The summed E-state index contributed by atoms with van der Waals surface area (Å²) in [5.74, 6) is 3.79. The molecule has 8 heterocycles. The van der Waals surface area contributed by atoms with Gasteiger partial charge in [0.15, 0.2) is 40.6 Å². The van der Waals surface area contributed by atoms with Crippen LogP contribution in [0.1, 0.15) is 0 Å². The van der Waals surface area contributed by atoms with Crippen molar-refractivity contribution in [3.63, 3.8) is 0 Å². The van der Waals surface area contributed by atoms with Crippen LogP contribution in [-0.4, -0.2) is 49.8 Å². The second-order valence-corrected chi connectivity index (χ2v) is 31.1. The molecule has 0 aliphatic heterocycles. The van der Waals surface area contributed by atoms with Gasteiger partial charge in [-0.2, -0.15) is 0 Å². The van der Waals surface area contributed by atoms with Crippen LogP contribution in [0.15, 0.2) is 401 Å². The molecule has 0 bridgehead atoms. The SMILES string of the molecule is c1ccc(-c2ccc(-c3nc(-c4ccccc4)nc(-c4cccc(-c5ccc(-c6cccc(-c7nc8cnccc8c8c7sc7ccccc78)c6)cc5)c4)n3)cc2)cc1.c1ccc(-c2ccc(-c3nc(-c4ccccc4)nc(-c4cccc(-c5ccc(-c6cccc(-c7nc8ncccc8c8c7sc7ccccc78)c6)cc5)c4)n3)cc2)cc1. The Morgan fingerprint density at radius 2 is 0.475 bits per heavy atom. The zero-order valence-corrected chi connectivity index (χ0v) is 65.0. The Morgan fingerprint density at radius 1 is 0.186 bits per heavy atom. The average molecular weight is 1540 g/mol. The molecule has 14 aromatic carbocycles. The molecule has 0 aliphatic rings. The maximum absolute atomic E-state index is 5.18. The lowest BCUT2D eigenvalue weighted by molar-refractivity contribution is 1.07. The first-order valence-electron chi connectivity index (χ1n) is 39.1. The summed E-state index contributed by atoms with van der Waals surface area (Å²) in [5.41, 5.74) is 24.9. The number of aromatic nitrogens is 10. The molecule has 12 heteroatoms. The smallest absolute Gasteiger partial charge is 0.164 e. The van der Waals surface area contributed by atoms with E-state index in [1.807, 2.05) is 97.5 Å². The van der Waals surface area contributed by atoms with Gasteiger partial charge in [-0.3, -0.25) is 4.98 Å². The molecule has 0 amide bonds. The summed E-state index contributed by atoms with van der Waals surface area (Å²) in [6, 6.07) is 133. The van der Waals surface area contributed by atoms with Gasteiger partial charge in [-0.15, -0.1) is 22.7 Å². The predicted octanol–water partition coefficient (Wildman–Crippen LogP) is 27.7. The standard InChI is InChI=1S/2C53H33N5S/c1-3-12-34(13-4-1)35-27-29-39(30-28-35)51-56-50(38-14-5-2-6-15-38)57-52(58-51)43-19-10-17-41(33-43)37-25-23-36(24-26-37)40-16-9-18-42(32-40)48-49-47(44-20-7-8-22-46(44)59-49)45-21-11-31-54-53(45)55-48;1-3-11-34(12-4-1)35-25-27-39(28-26-35)52-56-51(38-13-5-2-6-14-38)57-53(58-52)43-18-10-16-41(32-43)37-23-21-36(22-24-37)40-15-9-17-42(31-40)49-50-48(44-29-30-54-33-46(44)55-49)45-19-7-8-20-47(45)59-50/h2*1-33H. The molecule has 552 valence electrons. The highest BCUT2D eigenvalue weighted by Gasteiger charge is 2.22. The number of rotatable bonds is 14. The lowest BCUT2D eigenvalue weighted by atomic mass is 9.97. The van der Waals surface area contributed by atoms with Crippen LogP contribution >= 0.6 is 22.7 Å². The Morgan fingerprint density at radius 3 is 0.890 bits per heavy atom. The number of fused-ring (bicyclic) bond motifs is 10. The Bertz CT molecular complexity index is 7060. The topological polar surface area (TPSA) is 129 Å². The molecule has 10 nitrogen and oxygen atoms in total. The number of hydrogen-bond donors (Lipinski definition) is 0. The normalized spacial score (nSPS) is 11.4. The molecule has 22 aromatic rings. The molecule has 8 aromatic heterocycles. The third kappa shape index (κ3) is 13.9. The number of pyridine rings is 4. The monoisotopic (exact) mass is 1540 g/mol. The highest BCUT2D eigenvalue weighted by Crippen LogP contribution is 2.46. The highest BCUT2D eigenvalue weighted by atomic mass is 32.1. The van der Waals surface area contributed by atoms with E-state index < -0.39 is 0 Å². The van der Waals surface area contributed by atoms with Crippen LogP contribution in [-0.2, 0) is 0 Å². The Labute approximate surface area is 688 Å². The van der Waals surface area contributed by atoms with Crippen LogP contribution < -0.4 is 0 Å². The van der Waals surface area contributed by atoms with Gasteiger partial charge < -0.3 is 0 Å². The van der Waals surface area contributed by atoms with Crippen molar-refractivity contribution in [2.45, 2.75) is 0 Å². The van der Waals surface area contributed by atoms with Crippen molar-refractivity contribution in [3.8, 4) is 158 Å². The van der Waals surface area contributed by atoms with Gasteiger partial charge in [0.05, 0.1) is 32.5 Å². The van der Waals surface area contributed by atoms with Crippen molar-refractivity contribution >= 4 is 85.0 Å². The largest absolute Gasteiger partial charge is 0.262 e. The van der Waals surface area contributed by atoms with Gasteiger partial charge in [-0.25, -0.2) is 44.9 Å². The molecule has 0 spiro atoms. The van der Waals surface area contributed by atoms with E-state index in [0.717, 1.165) is 133 Å². The number of nitrogens with zero attached hydrogens (tertiary/aromatic N) is 10. The van der Waals surface area contributed by atoms with Crippen LogP contribution in [0.4, 0.5) is 0 Å². The summed E-state index contributed by atoms with van der Waals surface area (Å²) >= 11 is 3.60. The van der Waals surface area contributed by atoms with Gasteiger partial charge in [-0.05, 0) is 121 Å². The maximum Gasteiger partial charge on any atom is 0.164 e. The molecule has 118 heavy (non-hydrogen) atoms. The number of thiophene rings is 2. The quantitative estimate of drug-likeness (QED) is 0.104. The lowest BCUT2D eigenvalue weighted by Crippen LogP contribution is -2.00. The third-order valence-corrected chi connectivity index (χ3v) is 24.0. The fourth-order valence-corrected chi connectivity index (χ4v) is 18.2. The van der Waals surface area contributed by atoms with Gasteiger partial charge in [0.25, 0.3) is 0 Å². The molecular weight excluding hydrogens is 1480 g/mol. The van der Waals surface area contributed by atoms with Crippen molar-refractivity contribution in [3.05, 3.63) is 401 Å². The summed E-state index contributed by atoms with van der Waals surface area (Å²) in [7, 11) is 0. The third-order valence-electron chi connectivity index (χ3n) is 21.6. The van der Waals surface area contributed by atoms with Crippen LogP contribution in [0.2, 0.25) is 0 Å². The van der Waals surface area contributed by atoms with Crippen molar-refractivity contribution in [1.82, 2.24) is 49.8 Å². The minimum atomic E-state index is 0.626. The summed E-state index contributed by atoms with van der Waals surface area (Å²) in [5, 5.41) is 7.18. The molecule has 0 atom stereocenters. The second-order valence-electron chi connectivity index (χ2n) is 29.0. The van der Waals surface area contributed by atoms with Gasteiger partial charge in [0.1, 0.15) is 0 Å². The van der Waals surface area contributed by atoms with E-state index in [2.05, 4.69) is 313 Å². The molecule has 22 rings (SSSR count). The highest BCUT2D eigenvalue weighted by molar-refractivity contribution is 7.27. The van der Waals surface area contributed by atoms with E-state index in [1.54, 1.807) is 22.7 Å². The molecule has 0 saturated carbocycles. The summed E-state index contributed by atoms with van der Waals surface area (Å²) in [6.45, 7) is 0. The van der Waals surface area contributed by atoms with Gasteiger partial charge in [0.2, 0.25) is 0 Å². The number of benzene rings is 14. The maximum atomic E-state index is 5.18. The first-order chi connectivity index (χ1) is 58.4. The van der Waals surface area contributed by atoms with Crippen LogP contribution in [0.25, 0.3) is 220 Å². The van der Waals surface area contributed by atoms with E-state index in [0.29, 0.717) is 34.9 Å². The van der Waals surface area contributed by atoms with Crippen molar-refractivity contribution in [2.24, 2.45) is 0 Å². The molecule has 0 unspecified atom stereocenters. The molecule has 0 fully saturated rings. The fourth-order valence-electron chi connectivity index (χ4n) is 15.7. The molecule has 0 aliphatic carbocycles. The lowest BCUT2D eigenvalue weighted by Gasteiger charge is -2.11. The summed E-state index contributed by atoms with van der Waals surface area (Å²) in [4.78, 5) is 49.4. The van der Waals surface area contributed by atoms with Crippen molar-refractivity contribution in [1.29, 1.82) is 0 Å². The summed E-state index contributed by atoms with van der Waals surface area (Å²) in [6.07, 6.45) is 5.55. The van der Waals surface area contributed by atoms with Gasteiger partial charge in [-0.1, -0.05) is 328 Å². The Kier molecular flexibility index (Phi) is 18.4. The molecule has 0 saturated heterocycles. The van der Waals surface area contributed by atoms with Crippen molar-refractivity contribution < 1.29 is 0 Å². The first kappa shape index (κ1) is 70.5. The fraction of sp³-hybridized carbons (Fsp3) is 0. The zero-order chi connectivity index (χ0) is 78.2. The minimum Gasteiger partial charge on any atom is -0.262 e. The van der Waals surface area contributed by atoms with E-state index in [4.69, 9.17) is 39.9 Å². The van der Waals surface area contributed by atoms with E-state index in [-0.39, 0.29) is 0 Å². The van der Waals surface area contributed by atoms with Gasteiger partial charge in [0, 0.05) is 98.6 Å². The second kappa shape index (κ2) is 30.9. The average Bonchev–Trinajstić information content (AvgIpc) is 1.58. The number of hydrogen-bond acceptors (Lipinski definition) is 12. The van der Waals surface area contributed by atoms with Crippen LogP contribution in [0.3, 0.4) is 0 Å². The minimum absolute atomic E-state index is 0.626. The van der Waals surface area contributed by atoms with E-state index >= 15 is 0 Å². The summed E-state index contributed by atoms with van der Waals surface area (Å²) < 4.78 is 4.88. The first-order valence-corrected chi connectivity index (χ1v) is 40.8. The Balaban J connectivity index is 0.000000147. The van der Waals surface area contributed by atoms with E-state index in [1.165, 1.54) is 51.5 Å². The predicted molar refractivity (Wildman–Crippen MR) is 488 cm³/mol. The molecule has 0 N–H and O–H groups in total. The van der Waals surface area contributed by atoms with Crippen LogP contribution in [0.5, 0.6) is 0 Å². The van der Waals surface area contributed by atoms with Crippen molar-refractivity contribution in [2.75, 3.05) is 0 Å².